The SMILES string of the molecule is CC[C@H](O)c1sc2c(NCc3cccs3)cnnc2c1C. The number of aliphatic hydroxyl groups is 1. The largest absolute Gasteiger partial charge is 0.388 e. The number of aromatic nitrogens is 2. The van der Waals surface area contributed by atoms with E-state index in [-0.39, 0.29) is 0 Å². The lowest BCUT2D eigenvalue weighted by molar-refractivity contribution is 0.177. The van der Waals surface area contributed by atoms with Gasteiger partial charge in [0.25, 0.3) is 0 Å². The topological polar surface area (TPSA) is 58.0 Å². The van der Waals surface area contributed by atoms with Crippen LogP contribution in [0.4, 0.5) is 5.69 Å². The molecule has 3 aromatic heterocycles. The molecule has 0 unspecified atom stereocenters. The van der Waals surface area contributed by atoms with Crippen molar-refractivity contribution in [2.45, 2.75) is 32.9 Å². The lowest BCUT2D eigenvalue weighted by Gasteiger charge is -2.05. The summed E-state index contributed by atoms with van der Waals surface area (Å²) in [5.41, 5.74) is 2.91. The van der Waals surface area contributed by atoms with Crippen LogP contribution in [0.3, 0.4) is 0 Å². The van der Waals surface area contributed by atoms with Crippen LogP contribution in [0.15, 0.2) is 23.7 Å². The molecule has 4 nitrogen and oxygen atoms in total. The Hall–Kier alpha value is -1.50. The molecule has 0 spiro atoms. The smallest absolute Gasteiger partial charge is 0.109 e. The van der Waals surface area contributed by atoms with E-state index in [1.54, 1.807) is 28.9 Å². The number of anilines is 1. The Morgan fingerprint density at radius 2 is 2.29 bits per heavy atom. The minimum atomic E-state index is -0.422. The quantitative estimate of drug-likeness (QED) is 0.743. The summed E-state index contributed by atoms with van der Waals surface area (Å²) in [6.45, 7) is 4.77. The molecule has 3 heterocycles. The molecule has 0 radical (unpaired) electrons. The first-order valence-electron chi connectivity index (χ1n) is 6.89. The molecule has 110 valence electrons. The number of aliphatic hydroxyl groups excluding tert-OH is 1. The molecule has 0 amide bonds. The molecular weight excluding hydrogens is 302 g/mol. The molecule has 6 heteroatoms. The van der Waals surface area contributed by atoms with Gasteiger partial charge in [0.1, 0.15) is 5.52 Å². The Balaban J connectivity index is 1.95. The summed E-state index contributed by atoms with van der Waals surface area (Å²) in [4.78, 5) is 2.27. The first-order chi connectivity index (χ1) is 10.2. The van der Waals surface area contributed by atoms with E-state index in [2.05, 4.69) is 27.0 Å². The third-order valence-electron chi connectivity index (χ3n) is 3.46. The van der Waals surface area contributed by atoms with Crippen LogP contribution < -0.4 is 5.32 Å². The van der Waals surface area contributed by atoms with Crippen molar-refractivity contribution in [3.63, 3.8) is 0 Å². The van der Waals surface area contributed by atoms with Crippen molar-refractivity contribution in [1.29, 1.82) is 0 Å². The molecule has 0 aliphatic heterocycles. The van der Waals surface area contributed by atoms with Crippen LogP contribution in [0.2, 0.25) is 0 Å². The molecule has 0 saturated carbocycles. The Labute approximate surface area is 131 Å². The Bertz CT molecular complexity index is 737. The number of hydrogen-bond donors (Lipinski definition) is 2. The summed E-state index contributed by atoms with van der Waals surface area (Å²) in [6, 6.07) is 4.16. The van der Waals surface area contributed by atoms with Gasteiger partial charge in [-0.1, -0.05) is 13.0 Å². The van der Waals surface area contributed by atoms with Gasteiger partial charge in [-0.05, 0) is 30.4 Å². The first-order valence-corrected chi connectivity index (χ1v) is 8.59. The van der Waals surface area contributed by atoms with Crippen molar-refractivity contribution in [1.82, 2.24) is 10.2 Å². The highest BCUT2D eigenvalue weighted by molar-refractivity contribution is 7.20. The van der Waals surface area contributed by atoms with Gasteiger partial charge < -0.3 is 10.4 Å². The van der Waals surface area contributed by atoms with Crippen molar-refractivity contribution in [2.24, 2.45) is 0 Å². The van der Waals surface area contributed by atoms with E-state index in [1.165, 1.54) is 4.88 Å². The Morgan fingerprint density at radius 1 is 1.43 bits per heavy atom. The maximum Gasteiger partial charge on any atom is 0.109 e. The van der Waals surface area contributed by atoms with E-state index >= 15 is 0 Å². The van der Waals surface area contributed by atoms with Crippen LogP contribution in [-0.2, 0) is 6.54 Å². The monoisotopic (exact) mass is 319 g/mol. The molecular formula is C15H17N3OS2. The fraction of sp³-hybridized carbons (Fsp3) is 0.333. The molecule has 0 fully saturated rings. The second kappa shape index (κ2) is 6.09. The Kier molecular flexibility index (Phi) is 4.19. The molecule has 2 N–H and O–H groups in total. The number of rotatable bonds is 5. The zero-order chi connectivity index (χ0) is 14.8. The molecule has 1 atom stereocenters. The molecule has 0 bridgehead atoms. The number of fused-ring (bicyclic) bond motifs is 1. The minimum Gasteiger partial charge on any atom is -0.388 e. The van der Waals surface area contributed by atoms with Crippen molar-refractivity contribution in [2.75, 3.05) is 5.32 Å². The van der Waals surface area contributed by atoms with E-state index in [1.807, 2.05) is 19.9 Å². The van der Waals surface area contributed by atoms with Crippen molar-refractivity contribution in [3.05, 3.63) is 39.0 Å². The molecule has 0 aliphatic carbocycles. The summed E-state index contributed by atoms with van der Waals surface area (Å²) < 4.78 is 1.07. The van der Waals surface area contributed by atoms with Gasteiger partial charge in [0.15, 0.2) is 0 Å². The summed E-state index contributed by atoms with van der Waals surface area (Å²) in [7, 11) is 0. The highest BCUT2D eigenvalue weighted by Crippen LogP contribution is 2.38. The summed E-state index contributed by atoms with van der Waals surface area (Å²) in [6.07, 6.45) is 2.04. The first kappa shape index (κ1) is 14.4. The average Bonchev–Trinajstić information content (AvgIpc) is 3.13. The highest BCUT2D eigenvalue weighted by Gasteiger charge is 2.18. The summed E-state index contributed by atoms with van der Waals surface area (Å²) in [5.74, 6) is 0. The number of aryl methyl sites for hydroxylation is 1. The van der Waals surface area contributed by atoms with Crippen molar-refractivity contribution >= 4 is 38.6 Å². The van der Waals surface area contributed by atoms with Gasteiger partial charge in [0, 0.05) is 16.3 Å². The van der Waals surface area contributed by atoms with E-state index in [0.29, 0.717) is 6.42 Å². The molecule has 3 rings (SSSR count). The zero-order valence-corrected chi connectivity index (χ0v) is 13.6. The van der Waals surface area contributed by atoms with Crippen LogP contribution in [-0.4, -0.2) is 15.3 Å². The van der Waals surface area contributed by atoms with Crippen LogP contribution in [0, 0.1) is 6.92 Å². The van der Waals surface area contributed by atoms with Gasteiger partial charge in [-0.25, -0.2) is 0 Å². The van der Waals surface area contributed by atoms with E-state index in [0.717, 1.165) is 32.9 Å². The fourth-order valence-corrected chi connectivity index (χ4v) is 4.19. The maximum atomic E-state index is 10.1. The lowest BCUT2D eigenvalue weighted by atomic mass is 10.1. The fourth-order valence-electron chi connectivity index (χ4n) is 2.25. The van der Waals surface area contributed by atoms with E-state index in [4.69, 9.17) is 0 Å². The van der Waals surface area contributed by atoms with E-state index < -0.39 is 6.10 Å². The predicted molar refractivity (Wildman–Crippen MR) is 89.0 cm³/mol. The summed E-state index contributed by atoms with van der Waals surface area (Å²) in [5, 5.41) is 23.9. The predicted octanol–water partition coefficient (Wildman–Crippen LogP) is 4.12. The zero-order valence-electron chi connectivity index (χ0n) is 12.0. The third-order valence-corrected chi connectivity index (χ3v) is 5.76. The number of thiophene rings is 2. The van der Waals surface area contributed by atoms with E-state index in [9.17, 15) is 5.11 Å². The van der Waals surface area contributed by atoms with Gasteiger partial charge >= 0.3 is 0 Å². The second-order valence-corrected chi connectivity index (χ2v) is 6.97. The van der Waals surface area contributed by atoms with Gasteiger partial charge in [0.2, 0.25) is 0 Å². The van der Waals surface area contributed by atoms with Gasteiger partial charge in [-0.3, -0.25) is 0 Å². The lowest BCUT2D eigenvalue weighted by Crippen LogP contribution is -1.98. The van der Waals surface area contributed by atoms with Crippen molar-refractivity contribution in [3.8, 4) is 0 Å². The van der Waals surface area contributed by atoms with Gasteiger partial charge in [0.05, 0.1) is 22.7 Å². The molecule has 3 aromatic rings. The number of hydrogen-bond acceptors (Lipinski definition) is 6. The van der Waals surface area contributed by atoms with Crippen molar-refractivity contribution < 1.29 is 5.11 Å². The minimum absolute atomic E-state index is 0.422. The van der Waals surface area contributed by atoms with Crippen LogP contribution in [0.1, 0.15) is 34.8 Å². The van der Waals surface area contributed by atoms with Crippen LogP contribution in [0.5, 0.6) is 0 Å². The molecule has 0 saturated heterocycles. The molecule has 0 aromatic carbocycles. The summed E-state index contributed by atoms with van der Waals surface area (Å²) >= 11 is 3.34. The van der Waals surface area contributed by atoms with Gasteiger partial charge in [-0.2, -0.15) is 5.10 Å². The normalized spacial score (nSPS) is 12.7. The second-order valence-electron chi connectivity index (χ2n) is 4.88. The Morgan fingerprint density at radius 3 is 3.00 bits per heavy atom. The maximum absolute atomic E-state index is 10.1. The van der Waals surface area contributed by atoms with Crippen LogP contribution in [0.25, 0.3) is 10.2 Å². The molecule has 0 aliphatic rings. The highest BCUT2D eigenvalue weighted by atomic mass is 32.1. The van der Waals surface area contributed by atoms with Crippen LogP contribution >= 0.6 is 22.7 Å². The third kappa shape index (κ3) is 2.79. The van der Waals surface area contributed by atoms with Gasteiger partial charge in [-0.15, -0.1) is 27.8 Å². The standard InChI is InChI=1S/C15H17N3OS2/c1-3-12(19)14-9(2)13-15(21-14)11(8-17-18-13)16-7-10-5-4-6-20-10/h4-6,8,12,19H,3,7H2,1-2H3,(H,16,18)/t12-/m0/s1. The number of nitrogens with zero attached hydrogens (tertiary/aromatic N) is 2. The number of nitrogens with one attached hydrogen (secondary N) is 1. The average molecular weight is 319 g/mol. The molecule has 21 heavy (non-hydrogen) atoms.